The van der Waals surface area contributed by atoms with Gasteiger partial charge in [-0.15, -0.1) is 21.5 Å². The Kier molecular flexibility index (Phi) is 8.02. The second-order valence-corrected chi connectivity index (χ2v) is 10.4. The molecule has 1 atom stereocenters. The quantitative estimate of drug-likeness (QED) is 0.231. The monoisotopic (exact) mass is 526 g/mol. The molecule has 1 amide bonds. The molecule has 186 valence electrons. The highest BCUT2D eigenvalue weighted by Gasteiger charge is 2.18. The minimum atomic E-state index is -0.139. The van der Waals surface area contributed by atoms with Crippen LogP contribution in [0.2, 0.25) is 0 Å². The number of thioether (sulfide) groups is 1. The molecule has 0 saturated heterocycles. The van der Waals surface area contributed by atoms with Crippen LogP contribution < -0.4 is 5.32 Å². The SMILES string of the molecule is CC(CCc1ccccc1)NC(=O)c1csc(CSc2nnc(-c3cccnc3)n2-c2ccccc2)n1. The van der Waals surface area contributed by atoms with Crippen LogP contribution in [0.25, 0.3) is 17.1 Å². The lowest BCUT2D eigenvalue weighted by Crippen LogP contribution is -2.33. The van der Waals surface area contributed by atoms with Gasteiger partial charge in [-0.25, -0.2) is 4.98 Å². The number of aromatic nitrogens is 5. The van der Waals surface area contributed by atoms with Crippen molar-refractivity contribution in [2.24, 2.45) is 0 Å². The van der Waals surface area contributed by atoms with Gasteiger partial charge in [0.2, 0.25) is 0 Å². The molecule has 0 aliphatic heterocycles. The molecular formula is C28H26N6OS2. The number of pyridine rings is 1. The molecule has 3 heterocycles. The lowest BCUT2D eigenvalue weighted by molar-refractivity contribution is 0.0934. The van der Waals surface area contributed by atoms with Crippen molar-refractivity contribution in [3.8, 4) is 17.1 Å². The van der Waals surface area contributed by atoms with Gasteiger partial charge in [0.05, 0.1) is 5.75 Å². The first kappa shape index (κ1) is 24.9. The van der Waals surface area contributed by atoms with E-state index >= 15 is 0 Å². The van der Waals surface area contributed by atoms with Gasteiger partial charge in [0.15, 0.2) is 11.0 Å². The van der Waals surface area contributed by atoms with E-state index in [4.69, 9.17) is 0 Å². The lowest BCUT2D eigenvalue weighted by Gasteiger charge is -2.12. The van der Waals surface area contributed by atoms with E-state index in [2.05, 4.69) is 37.6 Å². The summed E-state index contributed by atoms with van der Waals surface area (Å²) in [5.41, 5.74) is 3.58. The molecule has 1 N–H and O–H groups in total. The van der Waals surface area contributed by atoms with Gasteiger partial charge in [-0.2, -0.15) is 0 Å². The molecule has 0 fully saturated rings. The van der Waals surface area contributed by atoms with Gasteiger partial charge < -0.3 is 5.32 Å². The Labute approximate surface area is 224 Å². The average Bonchev–Trinajstić information content (AvgIpc) is 3.60. The van der Waals surface area contributed by atoms with Crippen LogP contribution in [0.3, 0.4) is 0 Å². The van der Waals surface area contributed by atoms with Crippen LogP contribution in [-0.2, 0) is 12.2 Å². The van der Waals surface area contributed by atoms with E-state index in [-0.39, 0.29) is 11.9 Å². The van der Waals surface area contributed by atoms with Gasteiger partial charge in [-0.05, 0) is 49.6 Å². The van der Waals surface area contributed by atoms with Crippen molar-refractivity contribution in [3.63, 3.8) is 0 Å². The zero-order valence-electron chi connectivity index (χ0n) is 20.3. The highest BCUT2D eigenvalue weighted by Crippen LogP contribution is 2.30. The van der Waals surface area contributed by atoms with Crippen molar-refractivity contribution < 1.29 is 4.79 Å². The minimum Gasteiger partial charge on any atom is -0.348 e. The van der Waals surface area contributed by atoms with E-state index in [0.717, 1.165) is 40.1 Å². The predicted molar refractivity (Wildman–Crippen MR) is 148 cm³/mol. The Balaban J connectivity index is 1.24. The van der Waals surface area contributed by atoms with E-state index < -0.39 is 0 Å². The Hall–Kier alpha value is -3.82. The van der Waals surface area contributed by atoms with Gasteiger partial charge in [-0.3, -0.25) is 14.3 Å². The Morgan fingerprint density at radius 2 is 1.81 bits per heavy atom. The third-order valence-electron chi connectivity index (χ3n) is 5.76. The average molecular weight is 527 g/mol. The number of thiazole rings is 1. The summed E-state index contributed by atoms with van der Waals surface area (Å²) in [6.07, 6.45) is 5.31. The van der Waals surface area contributed by atoms with Crippen molar-refractivity contribution in [2.75, 3.05) is 0 Å². The number of nitrogens with one attached hydrogen (secondary N) is 1. The number of aryl methyl sites for hydroxylation is 1. The Bertz CT molecular complexity index is 1440. The number of nitrogens with zero attached hydrogens (tertiary/aromatic N) is 5. The Morgan fingerprint density at radius 1 is 1.03 bits per heavy atom. The molecule has 2 aromatic carbocycles. The van der Waals surface area contributed by atoms with Crippen LogP contribution in [0.15, 0.2) is 95.7 Å². The fourth-order valence-electron chi connectivity index (χ4n) is 3.86. The molecule has 5 rings (SSSR count). The van der Waals surface area contributed by atoms with E-state index in [9.17, 15) is 4.79 Å². The molecule has 3 aromatic heterocycles. The summed E-state index contributed by atoms with van der Waals surface area (Å²) in [7, 11) is 0. The number of benzene rings is 2. The van der Waals surface area contributed by atoms with Gasteiger partial charge in [0.25, 0.3) is 5.91 Å². The number of para-hydroxylation sites is 1. The first-order valence-corrected chi connectivity index (χ1v) is 13.9. The maximum absolute atomic E-state index is 12.7. The summed E-state index contributed by atoms with van der Waals surface area (Å²) in [5.74, 6) is 1.17. The molecule has 0 saturated carbocycles. The summed E-state index contributed by atoms with van der Waals surface area (Å²) in [6, 6.07) is 24.2. The molecule has 0 aliphatic rings. The fourth-order valence-corrected chi connectivity index (χ4v) is 5.60. The van der Waals surface area contributed by atoms with E-state index in [1.165, 1.54) is 16.9 Å². The molecule has 5 aromatic rings. The second-order valence-electron chi connectivity index (χ2n) is 8.53. The molecule has 9 heteroatoms. The predicted octanol–water partition coefficient (Wildman–Crippen LogP) is 5.83. The summed E-state index contributed by atoms with van der Waals surface area (Å²) < 4.78 is 2.03. The first-order valence-electron chi connectivity index (χ1n) is 12.0. The van der Waals surface area contributed by atoms with Crippen molar-refractivity contribution in [3.05, 3.63) is 107 Å². The van der Waals surface area contributed by atoms with Crippen LogP contribution in [0.1, 0.15) is 34.4 Å². The number of amides is 1. The highest BCUT2D eigenvalue weighted by atomic mass is 32.2. The van der Waals surface area contributed by atoms with E-state index in [0.29, 0.717) is 11.4 Å². The maximum Gasteiger partial charge on any atom is 0.270 e. The van der Waals surface area contributed by atoms with Crippen LogP contribution >= 0.6 is 23.1 Å². The Morgan fingerprint density at radius 3 is 2.57 bits per heavy atom. The molecule has 37 heavy (non-hydrogen) atoms. The maximum atomic E-state index is 12.7. The van der Waals surface area contributed by atoms with Crippen molar-refractivity contribution in [1.29, 1.82) is 0 Å². The smallest absolute Gasteiger partial charge is 0.270 e. The number of rotatable bonds is 10. The highest BCUT2D eigenvalue weighted by molar-refractivity contribution is 7.98. The minimum absolute atomic E-state index is 0.0579. The zero-order valence-corrected chi connectivity index (χ0v) is 22.0. The van der Waals surface area contributed by atoms with Gasteiger partial charge >= 0.3 is 0 Å². The standard InChI is InChI=1S/C28H26N6OS2/c1-20(14-15-21-9-4-2-5-10-21)30-27(35)24-18-36-25(31-24)19-37-28-33-32-26(22-11-8-16-29-17-22)34(28)23-12-6-3-7-13-23/h2-13,16-18,20H,14-15,19H2,1H3,(H,30,35). The molecule has 0 aliphatic carbocycles. The number of carbonyl (C=O) groups excluding carboxylic acids is 1. The summed E-state index contributed by atoms with van der Waals surface area (Å²) in [4.78, 5) is 21.6. The molecular weight excluding hydrogens is 500 g/mol. The second kappa shape index (κ2) is 11.9. The van der Waals surface area contributed by atoms with Crippen molar-refractivity contribution in [1.82, 2.24) is 30.0 Å². The lowest BCUT2D eigenvalue weighted by atomic mass is 10.1. The number of carbonyl (C=O) groups is 1. The van der Waals surface area contributed by atoms with Gasteiger partial charge in [0, 0.05) is 35.1 Å². The van der Waals surface area contributed by atoms with Gasteiger partial charge in [0.1, 0.15) is 10.7 Å². The molecule has 1 unspecified atom stereocenters. The summed E-state index contributed by atoms with van der Waals surface area (Å²) in [5, 5.41) is 15.4. The van der Waals surface area contributed by atoms with E-state index in [1.54, 1.807) is 24.2 Å². The van der Waals surface area contributed by atoms with Crippen LogP contribution in [0.5, 0.6) is 0 Å². The molecule has 0 spiro atoms. The van der Waals surface area contributed by atoms with Crippen molar-refractivity contribution in [2.45, 2.75) is 36.7 Å². The molecule has 0 radical (unpaired) electrons. The van der Waals surface area contributed by atoms with E-state index in [1.807, 2.05) is 77.5 Å². The zero-order chi connectivity index (χ0) is 25.5. The fraction of sp³-hybridized carbons (Fsp3) is 0.179. The largest absolute Gasteiger partial charge is 0.348 e. The van der Waals surface area contributed by atoms with Crippen LogP contribution in [-0.4, -0.2) is 36.7 Å². The summed E-state index contributed by atoms with van der Waals surface area (Å²) in [6.45, 7) is 2.03. The van der Waals surface area contributed by atoms with Crippen LogP contribution in [0.4, 0.5) is 0 Å². The van der Waals surface area contributed by atoms with Crippen molar-refractivity contribution >= 4 is 29.0 Å². The van der Waals surface area contributed by atoms with Gasteiger partial charge in [-0.1, -0.05) is 60.3 Å². The van der Waals surface area contributed by atoms with Crippen LogP contribution in [0, 0.1) is 0 Å². The normalized spacial score (nSPS) is 11.8. The topological polar surface area (TPSA) is 85.6 Å². The number of hydrogen-bond donors (Lipinski definition) is 1. The first-order chi connectivity index (χ1) is 18.2. The summed E-state index contributed by atoms with van der Waals surface area (Å²) >= 11 is 3.02. The third kappa shape index (κ3) is 6.31. The third-order valence-corrected chi connectivity index (χ3v) is 7.73. The molecule has 7 nitrogen and oxygen atoms in total. The molecule has 0 bridgehead atoms. The number of hydrogen-bond acceptors (Lipinski definition) is 7.